The van der Waals surface area contributed by atoms with Crippen LogP contribution < -0.4 is 0 Å². The number of methoxy groups -OCH3 is 5. The minimum Gasteiger partial charge on any atom is -0.469 e. The molecule has 1 rings (SSSR count). The van der Waals surface area contributed by atoms with Crippen molar-refractivity contribution in [1.29, 1.82) is 0 Å². The van der Waals surface area contributed by atoms with Gasteiger partial charge in [0, 0.05) is 51.9 Å². The van der Waals surface area contributed by atoms with E-state index in [9.17, 15) is 24.0 Å². The highest BCUT2D eigenvalue weighted by Crippen LogP contribution is 2.32. The highest BCUT2D eigenvalue weighted by molar-refractivity contribution is 5.70. The number of ether oxygens (including phenoxy) is 6. The molecule has 0 aliphatic carbocycles. The third-order valence-electron chi connectivity index (χ3n) is 17.8. The molecule has 99 heavy (non-hydrogen) atoms. The Balaban J connectivity index is -0.000000570. The fourth-order valence-electron chi connectivity index (χ4n) is 11.2. The van der Waals surface area contributed by atoms with Crippen LogP contribution in [0.15, 0.2) is 48.6 Å². The zero-order valence-electron chi connectivity index (χ0n) is 65.7. The maximum atomic E-state index is 10.9. The Bertz CT molecular complexity index is 1670. The molecule has 1 aliphatic heterocycles. The van der Waals surface area contributed by atoms with E-state index in [4.69, 9.17) is 20.1 Å². The number of rotatable bonds is 68. The van der Waals surface area contributed by atoms with Gasteiger partial charge in [-0.3, -0.25) is 24.0 Å². The van der Waals surface area contributed by atoms with Crippen molar-refractivity contribution < 1.29 is 67.7 Å². The number of carbonyl (C=O) groups excluding carboxylic acids is 5. The fourth-order valence-corrected chi connectivity index (χ4v) is 11.2. The summed E-state index contributed by atoms with van der Waals surface area (Å²) in [6.07, 6.45) is 88.0. The number of carbonyl (C=O) groups is 5. The molecule has 0 aromatic carbocycles. The summed E-state index contributed by atoms with van der Waals surface area (Å²) < 4.78 is 28.7. The number of epoxide rings is 1. The molecule has 14 nitrogen and oxygen atoms in total. The number of aliphatic hydroxyl groups excluding tert-OH is 3. The highest BCUT2D eigenvalue weighted by atomic mass is 16.6. The van der Waals surface area contributed by atoms with Crippen molar-refractivity contribution in [3.8, 4) is 0 Å². The first-order valence-electron chi connectivity index (χ1n) is 40.9. The Morgan fingerprint density at radius 3 is 0.586 bits per heavy atom. The quantitative estimate of drug-likeness (QED) is 0.0170. The first-order chi connectivity index (χ1) is 48.5. The molecule has 1 heterocycles. The van der Waals surface area contributed by atoms with E-state index in [1.807, 2.05) is 0 Å². The largest absolute Gasteiger partial charge is 0.469 e. The Labute approximate surface area is 610 Å². The van der Waals surface area contributed by atoms with E-state index < -0.39 is 0 Å². The second-order valence-corrected chi connectivity index (χ2v) is 27.0. The van der Waals surface area contributed by atoms with Crippen LogP contribution in [-0.2, 0) is 52.4 Å². The van der Waals surface area contributed by atoms with Crippen LogP contribution in [0.1, 0.15) is 399 Å². The molecule has 1 aliphatic rings. The highest BCUT2D eigenvalue weighted by Gasteiger charge is 2.36. The zero-order chi connectivity index (χ0) is 73.5. The second kappa shape index (κ2) is 92.2. The van der Waals surface area contributed by atoms with Crippen LogP contribution in [0.5, 0.6) is 0 Å². The molecule has 3 N–H and O–H groups in total. The van der Waals surface area contributed by atoms with Gasteiger partial charge >= 0.3 is 29.8 Å². The number of allylic oxidation sites excluding steroid dienone is 8. The number of hydrogen-bond donors (Lipinski definition) is 3. The smallest absolute Gasteiger partial charge is 0.305 e. The molecule has 0 aromatic heterocycles. The minimum atomic E-state index is -0.0942. The summed E-state index contributed by atoms with van der Waals surface area (Å²) in [6, 6.07) is 0. The van der Waals surface area contributed by atoms with Crippen LogP contribution in [0.4, 0.5) is 0 Å². The van der Waals surface area contributed by atoms with Crippen LogP contribution in [0.3, 0.4) is 0 Å². The topological polar surface area (TPSA) is 205 Å². The van der Waals surface area contributed by atoms with Crippen molar-refractivity contribution in [2.45, 2.75) is 411 Å². The molecule has 14 heteroatoms. The van der Waals surface area contributed by atoms with Crippen molar-refractivity contribution in [2.24, 2.45) is 0 Å². The summed E-state index contributed by atoms with van der Waals surface area (Å²) in [7, 11) is 7.25. The van der Waals surface area contributed by atoms with E-state index in [0.29, 0.717) is 64.1 Å². The van der Waals surface area contributed by atoms with Gasteiger partial charge < -0.3 is 43.7 Å². The standard InChI is InChI=1S/C17H32O4.2C17H32O3.2C17H32O2/c1-20-17(19)13-9-4-2-3-7-11-15-16(21-15)12-8-5-6-10-14-18;2*1-20-17(19)15-13-11-9-7-5-3-2-4-6-8-10-12-14-16-18;2*1-3-4-5-6-7-8-9-10-11-12-13-14-15-16-17(18)19-2/h15-16,18H,2-14H2,1H3;2*2,4,18H,3,5-16H2,1H3;2*8-9H,3-7,10-16H2,1-2H3/b;4-2+;4-2-;9-8+;9-8-. The number of unbranched alkanes of at least 4 members (excludes halogenated alkanes) is 43. The number of aliphatic hydroxyl groups is 3. The average Bonchev–Trinajstić information content (AvgIpc) is 1.75. The molecule has 584 valence electrons. The number of hydrogen-bond acceptors (Lipinski definition) is 14. The fraction of sp³-hybridized carbons (Fsp3) is 0.847. The van der Waals surface area contributed by atoms with Crippen molar-refractivity contribution in [3.63, 3.8) is 0 Å². The second-order valence-electron chi connectivity index (χ2n) is 27.0. The van der Waals surface area contributed by atoms with Gasteiger partial charge in [0.1, 0.15) is 0 Å². The van der Waals surface area contributed by atoms with E-state index in [1.54, 1.807) is 0 Å². The lowest BCUT2D eigenvalue weighted by molar-refractivity contribution is -0.141. The first-order valence-corrected chi connectivity index (χ1v) is 40.9. The van der Waals surface area contributed by atoms with E-state index in [0.717, 1.165) is 103 Å². The predicted octanol–water partition coefficient (Wildman–Crippen LogP) is 23.2. The zero-order valence-corrected chi connectivity index (χ0v) is 65.7. The molecule has 0 bridgehead atoms. The summed E-state index contributed by atoms with van der Waals surface area (Å²) >= 11 is 0. The lowest BCUT2D eigenvalue weighted by Crippen LogP contribution is -1.99. The third kappa shape index (κ3) is 96.2. The SMILES string of the molecule is CCCCCC/C=C/CCCCCCCC(=O)OC.CCCCCC/C=C\CCCCCCCC(=O)OC.COC(=O)CCCCCCC/C=C/CCCCCCO.COC(=O)CCCCCCC/C=C\CCCCCCO.COC(=O)CCCCCCCC1OC1CCCCCCO. The molecule has 0 saturated carbocycles. The van der Waals surface area contributed by atoms with Gasteiger partial charge in [-0.25, -0.2) is 0 Å². The van der Waals surface area contributed by atoms with Crippen LogP contribution in [-0.4, -0.2) is 113 Å². The molecule has 1 saturated heterocycles. The summed E-state index contributed by atoms with van der Waals surface area (Å²) in [6.45, 7) is 5.48. The maximum absolute atomic E-state index is 10.9. The average molecular weight is 1410 g/mol. The lowest BCUT2D eigenvalue weighted by Gasteiger charge is -2.01. The Morgan fingerprint density at radius 2 is 0.404 bits per heavy atom. The van der Waals surface area contributed by atoms with Crippen molar-refractivity contribution in [2.75, 3.05) is 55.4 Å². The van der Waals surface area contributed by atoms with Gasteiger partial charge in [0.05, 0.1) is 47.8 Å². The predicted molar refractivity (Wildman–Crippen MR) is 415 cm³/mol. The van der Waals surface area contributed by atoms with Gasteiger partial charge in [-0.1, -0.05) is 249 Å². The van der Waals surface area contributed by atoms with Crippen LogP contribution in [0.25, 0.3) is 0 Å². The summed E-state index contributed by atoms with van der Waals surface area (Å²) in [5.74, 6) is -0.431. The first kappa shape index (κ1) is 102. The van der Waals surface area contributed by atoms with Gasteiger partial charge in [0.25, 0.3) is 0 Å². The summed E-state index contributed by atoms with van der Waals surface area (Å²) in [5.41, 5.74) is 0. The normalized spacial score (nSPS) is 13.1. The number of esters is 5. The van der Waals surface area contributed by atoms with E-state index in [1.165, 1.54) is 286 Å². The van der Waals surface area contributed by atoms with Gasteiger partial charge in [0.2, 0.25) is 0 Å². The van der Waals surface area contributed by atoms with Crippen LogP contribution >= 0.6 is 0 Å². The maximum Gasteiger partial charge on any atom is 0.305 e. The van der Waals surface area contributed by atoms with Gasteiger partial charge in [-0.2, -0.15) is 0 Å². The minimum absolute atomic E-state index is 0.0778. The van der Waals surface area contributed by atoms with Crippen molar-refractivity contribution >= 4 is 29.8 Å². The monoisotopic (exact) mass is 1410 g/mol. The lowest BCUT2D eigenvalue weighted by atomic mass is 10.0. The molecule has 0 amide bonds. The molecule has 2 unspecified atom stereocenters. The summed E-state index contributed by atoms with van der Waals surface area (Å²) in [4.78, 5) is 54.5. The molecular weight excluding hydrogens is 1240 g/mol. The third-order valence-corrected chi connectivity index (χ3v) is 17.8. The molecule has 0 aromatic rings. The van der Waals surface area contributed by atoms with E-state index >= 15 is 0 Å². The van der Waals surface area contributed by atoms with E-state index in [-0.39, 0.29) is 29.8 Å². The molecule has 0 radical (unpaired) electrons. The molecule has 0 spiro atoms. The van der Waals surface area contributed by atoms with Crippen molar-refractivity contribution in [1.82, 2.24) is 0 Å². The summed E-state index contributed by atoms with van der Waals surface area (Å²) in [5, 5.41) is 26.0. The Kier molecular flexibility index (Phi) is 94.5. The van der Waals surface area contributed by atoms with Crippen LogP contribution in [0, 0.1) is 0 Å². The van der Waals surface area contributed by atoms with Crippen LogP contribution in [0.2, 0.25) is 0 Å². The molecular formula is C85H160O14. The van der Waals surface area contributed by atoms with Gasteiger partial charge in [0.15, 0.2) is 0 Å². The van der Waals surface area contributed by atoms with Crippen molar-refractivity contribution in [3.05, 3.63) is 48.6 Å². The van der Waals surface area contributed by atoms with E-state index in [2.05, 4.69) is 86.1 Å². The molecule has 1 fully saturated rings. The van der Waals surface area contributed by atoms with Gasteiger partial charge in [-0.15, -0.1) is 0 Å². The molecule has 2 atom stereocenters. The van der Waals surface area contributed by atoms with Gasteiger partial charge in [-0.05, 0) is 167 Å². The Hall–Kier alpha value is -3.85. The Morgan fingerprint density at radius 1 is 0.242 bits per heavy atom.